The number of hydrogen-bond acceptors (Lipinski definition) is 7. The first-order valence-corrected chi connectivity index (χ1v) is 13.1. The molecule has 0 radical (unpaired) electrons. The predicted octanol–water partition coefficient (Wildman–Crippen LogP) is 4.45. The molecule has 7 nitrogen and oxygen atoms in total. The Morgan fingerprint density at radius 1 is 1.30 bits per heavy atom. The number of amides is 1. The van der Waals surface area contributed by atoms with Crippen molar-refractivity contribution in [3.05, 3.63) is 45.1 Å². The second-order valence-corrected chi connectivity index (χ2v) is 10.6. The highest BCUT2D eigenvalue weighted by atomic mass is 32.2. The average Bonchev–Trinajstić information content (AvgIpc) is 3.13. The fraction of sp³-hybridized carbons (Fsp3) is 0.458. The van der Waals surface area contributed by atoms with Gasteiger partial charge in [-0.1, -0.05) is 32.0 Å². The number of hydrogen-bond donors (Lipinski definition) is 2. The molecule has 0 aliphatic carbocycles. The van der Waals surface area contributed by atoms with E-state index in [2.05, 4.69) is 34.0 Å². The molecule has 0 saturated carbocycles. The number of fused-ring (bicyclic) bond motifs is 1. The van der Waals surface area contributed by atoms with E-state index in [0.717, 1.165) is 65.8 Å². The first-order valence-electron chi connectivity index (χ1n) is 11.3. The summed E-state index contributed by atoms with van der Waals surface area (Å²) in [6, 6.07) is 7.84. The van der Waals surface area contributed by atoms with E-state index in [0.29, 0.717) is 16.5 Å². The Balaban J connectivity index is 1.38. The SMILES string of the molecule is CC[C@H](C)Cc1c(C)sc2nc(SCC(=O)Nc3ccc(N4CCOCC4)cc3)[nH]c(=O)c12. The zero-order chi connectivity index (χ0) is 23.4. The molecule has 9 heteroatoms. The molecule has 0 spiro atoms. The maximum Gasteiger partial charge on any atom is 0.260 e. The summed E-state index contributed by atoms with van der Waals surface area (Å²) in [5.74, 6) is 0.548. The molecule has 0 bridgehead atoms. The van der Waals surface area contributed by atoms with Crippen molar-refractivity contribution in [2.45, 2.75) is 38.8 Å². The number of carbonyl (C=O) groups is 1. The number of benzene rings is 1. The second-order valence-electron chi connectivity index (χ2n) is 8.39. The number of morpholine rings is 1. The first-order chi connectivity index (χ1) is 15.9. The first kappa shape index (κ1) is 23.8. The van der Waals surface area contributed by atoms with Crippen LogP contribution in [0.3, 0.4) is 0 Å². The normalized spacial score (nSPS) is 15.1. The fourth-order valence-electron chi connectivity index (χ4n) is 3.87. The fourth-order valence-corrected chi connectivity index (χ4v) is 5.64. The number of anilines is 2. The standard InChI is InChI=1S/C24H30N4O3S2/c1-4-15(2)13-19-16(3)33-23-21(19)22(30)26-24(27-23)32-14-20(29)25-17-5-7-18(8-6-17)28-9-11-31-12-10-28/h5-8,15H,4,9-14H2,1-3H3,(H,25,29)(H,26,27,30)/t15-/m0/s1. The summed E-state index contributed by atoms with van der Waals surface area (Å²) in [4.78, 5) is 36.9. The van der Waals surface area contributed by atoms with Gasteiger partial charge in [-0.3, -0.25) is 9.59 Å². The lowest BCUT2D eigenvalue weighted by atomic mass is 9.98. The zero-order valence-corrected chi connectivity index (χ0v) is 20.9. The molecule has 2 N–H and O–H groups in total. The molecule has 4 rings (SSSR count). The van der Waals surface area contributed by atoms with Gasteiger partial charge in [0.2, 0.25) is 5.91 Å². The summed E-state index contributed by atoms with van der Waals surface area (Å²) in [6.45, 7) is 9.64. The minimum atomic E-state index is -0.137. The van der Waals surface area contributed by atoms with Gasteiger partial charge in [0.25, 0.3) is 5.56 Å². The number of thiophene rings is 1. The van der Waals surface area contributed by atoms with Gasteiger partial charge in [0.1, 0.15) is 4.83 Å². The molecule has 1 aliphatic rings. The van der Waals surface area contributed by atoms with Crippen LogP contribution in [0.25, 0.3) is 10.2 Å². The molecule has 3 aromatic rings. The third kappa shape index (κ3) is 5.77. The summed E-state index contributed by atoms with van der Waals surface area (Å²) in [7, 11) is 0. The Hall–Kier alpha value is -2.36. The van der Waals surface area contributed by atoms with Gasteiger partial charge in [-0.15, -0.1) is 11.3 Å². The minimum Gasteiger partial charge on any atom is -0.378 e. The molecular formula is C24H30N4O3S2. The molecule has 0 unspecified atom stereocenters. The summed E-state index contributed by atoms with van der Waals surface area (Å²) >= 11 is 2.79. The van der Waals surface area contributed by atoms with E-state index in [1.54, 1.807) is 11.3 Å². The van der Waals surface area contributed by atoms with Gasteiger partial charge in [-0.2, -0.15) is 0 Å². The van der Waals surface area contributed by atoms with Crippen LogP contribution in [0, 0.1) is 12.8 Å². The van der Waals surface area contributed by atoms with Crippen molar-refractivity contribution >= 4 is 50.6 Å². The molecule has 1 amide bonds. The van der Waals surface area contributed by atoms with Crippen LogP contribution in [0.4, 0.5) is 11.4 Å². The van der Waals surface area contributed by atoms with Crippen LogP contribution in [0.15, 0.2) is 34.2 Å². The molecule has 176 valence electrons. The van der Waals surface area contributed by atoms with Crippen molar-refractivity contribution in [2.75, 3.05) is 42.3 Å². The Labute approximate surface area is 201 Å². The number of carbonyl (C=O) groups excluding carboxylic acids is 1. The van der Waals surface area contributed by atoms with Crippen LogP contribution < -0.4 is 15.8 Å². The van der Waals surface area contributed by atoms with E-state index in [1.165, 1.54) is 11.8 Å². The number of aromatic amines is 1. The van der Waals surface area contributed by atoms with Crippen molar-refractivity contribution in [3.8, 4) is 0 Å². The molecule has 1 saturated heterocycles. The van der Waals surface area contributed by atoms with Gasteiger partial charge >= 0.3 is 0 Å². The van der Waals surface area contributed by atoms with Crippen LogP contribution in [0.5, 0.6) is 0 Å². The van der Waals surface area contributed by atoms with Crippen LogP contribution >= 0.6 is 23.1 Å². The molecule has 1 aliphatic heterocycles. The molecule has 1 aromatic carbocycles. The number of nitrogens with zero attached hydrogens (tertiary/aromatic N) is 2. The largest absolute Gasteiger partial charge is 0.378 e. The second kappa shape index (κ2) is 10.7. The van der Waals surface area contributed by atoms with Crippen LogP contribution in [-0.2, 0) is 16.0 Å². The highest BCUT2D eigenvalue weighted by molar-refractivity contribution is 7.99. The van der Waals surface area contributed by atoms with Gasteiger partial charge in [0, 0.05) is 29.3 Å². The Morgan fingerprint density at radius 2 is 2.03 bits per heavy atom. The van der Waals surface area contributed by atoms with E-state index in [-0.39, 0.29) is 17.2 Å². The van der Waals surface area contributed by atoms with Gasteiger partial charge in [0.05, 0.1) is 24.4 Å². The van der Waals surface area contributed by atoms with Crippen LogP contribution in [-0.4, -0.2) is 47.9 Å². The molecule has 1 atom stereocenters. The van der Waals surface area contributed by atoms with Crippen molar-refractivity contribution in [3.63, 3.8) is 0 Å². The minimum absolute atomic E-state index is 0.121. The van der Waals surface area contributed by atoms with Crippen molar-refractivity contribution < 1.29 is 9.53 Å². The van der Waals surface area contributed by atoms with E-state index in [1.807, 2.05) is 31.2 Å². The summed E-state index contributed by atoms with van der Waals surface area (Å²) in [5, 5.41) is 4.09. The van der Waals surface area contributed by atoms with Gasteiger partial charge in [-0.05, 0) is 49.1 Å². The monoisotopic (exact) mass is 486 g/mol. The lowest BCUT2D eigenvalue weighted by molar-refractivity contribution is -0.113. The summed E-state index contributed by atoms with van der Waals surface area (Å²) < 4.78 is 5.39. The van der Waals surface area contributed by atoms with Gasteiger partial charge in [0.15, 0.2) is 5.16 Å². The van der Waals surface area contributed by atoms with Crippen molar-refractivity contribution in [1.29, 1.82) is 0 Å². The number of rotatable bonds is 8. The van der Waals surface area contributed by atoms with E-state index in [4.69, 9.17) is 4.74 Å². The van der Waals surface area contributed by atoms with Crippen LogP contribution in [0.2, 0.25) is 0 Å². The number of aryl methyl sites for hydroxylation is 1. The number of H-pyrrole nitrogens is 1. The molecule has 33 heavy (non-hydrogen) atoms. The van der Waals surface area contributed by atoms with Gasteiger partial charge in [-0.25, -0.2) is 4.98 Å². The lowest BCUT2D eigenvalue weighted by Gasteiger charge is -2.28. The smallest absolute Gasteiger partial charge is 0.260 e. The molecule has 3 heterocycles. The number of nitrogens with one attached hydrogen (secondary N) is 2. The zero-order valence-electron chi connectivity index (χ0n) is 19.3. The average molecular weight is 487 g/mol. The van der Waals surface area contributed by atoms with Gasteiger partial charge < -0.3 is 19.9 Å². The number of ether oxygens (including phenoxy) is 1. The molecule has 1 fully saturated rings. The number of thioether (sulfide) groups is 1. The summed E-state index contributed by atoms with van der Waals surface area (Å²) in [6.07, 6.45) is 1.95. The van der Waals surface area contributed by atoms with Crippen molar-refractivity contribution in [2.24, 2.45) is 5.92 Å². The maximum atomic E-state index is 12.8. The Kier molecular flexibility index (Phi) is 7.72. The lowest BCUT2D eigenvalue weighted by Crippen LogP contribution is -2.36. The quantitative estimate of drug-likeness (QED) is 0.361. The maximum absolute atomic E-state index is 12.8. The Morgan fingerprint density at radius 3 is 2.73 bits per heavy atom. The van der Waals surface area contributed by atoms with E-state index in [9.17, 15) is 9.59 Å². The topological polar surface area (TPSA) is 87.3 Å². The molecular weight excluding hydrogens is 456 g/mol. The summed E-state index contributed by atoms with van der Waals surface area (Å²) in [5.41, 5.74) is 2.86. The molecule has 2 aromatic heterocycles. The number of aromatic nitrogens is 2. The predicted molar refractivity (Wildman–Crippen MR) is 137 cm³/mol. The third-order valence-corrected chi connectivity index (χ3v) is 7.87. The highest BCUT2D eigenvalue weighted by Gasteiger charge is 2.17. The van der Waals surface area contributed by atoms with Crippen LogP contribution in [0.1, 0.15) is 30.7 Å². The third-order valence-electron chi connectivity index (χ3n) is 5.96. The van der Waals surface area contributed by atoms with E-state index < -0.39 is 0 Å². The van der Waals surface area contributed by atoms with Crippen molar-refractivity contribution in [1.82, 2.24) is 9.97 Å². The Bertz CT molecular complexity index is 1170. The van der Waals surface area contributed by atoms with E-state index >= 15 is 0 Å². The highest BCUT2D eigenvalue weighted by Crippen LogP contribution is 2.30.